The first-order valence-corrected chi connectivity index (χ1v) is 6.80. The van der Waals surface area contributed by atoms with Crippen molar-refractivity contribution in [2.45, 2.75) is 6.54 Å². The van der Waals surface area contributed by atoms with Crippen LogP contribution in [0.5, 0.6) is 11.5 Å². The molecule has 3 rings (SSSR count). The third kappa shape index (κ3) is 2.48. The molecular formula is C17H15NO4. The number of nitrogens with zero attached hydrogens (tertiary/aromatic N) is 1. The minimum Gasteiger partial charge on any atom is -0.507 e. The number of carbonyl (C=O) groups is 1. The summed E-state index contributed by atoms with van der Waals surface area (Å²) < 4.78 is 5.67. The molecule has 0 aliphatic heterocycles. The molecule has 2 N–H and O–H groups in total. The van der Waals surface area contributed by atoms with E-state index < -0.39 is 5.91 Å². The molecule has 22 heavy (non-hydrogen) atoms. The van der Waals surface area contributed by atoms with Crippen LogP contribution in [0.25, 0.3) is 11.0 Å². The van der Waals surface area contributed by atoms with Crippen molar-refractivity contribution in [1.82, 2.24) is 4.90 Å². The van der Waals surface area contributed by atoms with Crippen molar-refractivity contribution < 1.29 is 19.4 Å². The van der Waals surface area contributed by atoms with Crippen LogP contribution in [0.3, 0.4) is 0 Å². The third-order valence-electron chi connectivity index (χ3n) is 3.45. The molecule has 0 spiro atoms. The monoisotopic (exact) mass is 297 g/mol. The number of phenols is 2. The highest BCUT2D eigenvalue weighted by Crippen LogP contribution is 2.28. The van der Waals surface area contributed by atoms with E-state index in [1.54, 1.807) is 7.05 Å². The van der Waals surface area contributed by atoms with Gasteiger partial charge in [-0.25, -0.2) is 0 Å². The highest BCUT2D eigenvalue weighted by molar-refractivity contribution is 5.99. The van der Waals surface area contributed by atoms with Crippen molar-refractivity contribution in [2.75, 3.05) is 7.05 Å². The summed E-state index contributed by atoms with van der Waals surface area (Å²) in [5, 5.41) is 20.5. The van der Waals surface area contributed by atoms with E-state index in [-0.39, 0.29) is 23.6 Å². The van der Waals surface area contributed by atoms with Crippen LogP contribution in [-0.4, -0.2) is 28.1 Å². The molecule has 112 valence electrons. The van der Waals surface area contributed by atoms with Gasteiger partial charge in [0.1, 0.15) is 28.4 Å². The molecule has 5 nitrogen and oxygen atoms in total. The van der Waals surface area contributed by atoms with Crippen molar-refractivity contribution in [1.29, 1.82) is 0 Å². The zero-order chi connectivity index (χ0) is 15.7. The molecule has 0 atom stereocenters. The standard InChI is InChI=1S/C17H15NO4/c1-18(17(21)16-13(19)6-4-7-14(16)20)10-12-9-11-5-2-3-8-15(11)22-12/h2-9,19-20H,10H2,1H3. The molecule has 1 heterocycles. The van der Waals surface area contributed by atoms with Gasteiger partial charge in [0.15, 0.2) is 0 Å². The number of phenolic OH excluding ortho intramolecular Hbond substituents is 2. The molecule has 3 aromatic rings. The highest BCUT2D eigenvalue weighted by atomic mass is 16.3. The van der Waals surface area contributed by atoms with Crippen LogP contribution in [0.1, 0.15) is 16.1 Å². The molecule has 1 aromatic heterocycles. The molecule has 0 radical (unpaired) electrons. The number of furan rings is 1. The lowest BCUT2D eigenvalue weighted by molar-refractivity contribution is 0.0770. The Balaban J connectivity index is 1.84. The summed E-state index contributed by atoms with van der Waals surface area (Å²) in [4.78, 5) is 13.8. The van der Waals surface area contributed by atoms with E-state index in [4.69, 9.17) is 4.42 Å². The van der Waals surface area contributed by atoms with Crippen molar-refractivity contribution in [3.63, 3.8) is 0 Å². The Bertz CT molecular complexity index is 784. The molecule has 5 heteroatoms. The highest BCUT2D eigenvalue weighted by Gasteiger charge is 2.20. The summed E-state index contributed by atoms with van der Waals surface area (Å²) in [5.41, 5.74) is 0.643. The number of rotatable bonds is 3. The van der Waals surface area contributed by atoms with E-state index in [0.29, 0.717) is 5.76 Å². The quantitative estimate of drug-likeness (QED) is 0.779. The Morgan fingerprint density at radius 3 is 2.45 bits per heavy atom. The lowest BCUT2D eigenvalue weighted by atomic mass is 10.1. The van der Waals surface area contributed by atoms with Gasteiger partial charge >= 0.3 is 0 Å². The lowest BCUT2D eigenvalue weighted by Gasteiger charge is -2.17. The van der Waals surface area contributed by atoms with Crippen molar-refractivity contribution in [3.05, 3.63) is 59.9 Å². The van der Waals surface area contributed by atoms with Crippen molar-refractivity contribution >= 4 is 16.9 Å². The van der Waals surface area contributed by atoms with Crippen LogP contribution in [0, 0.1) is 0 Å². The van der Waals surface area contributed by atoms with Crippen LogP contribution in [-0.2, 0) is 6.54 Å². The van der Waals surface area contributed by atoms with Gasteiger partial charge in [-0.1, -0.05) is 24.3 Å². The number of hydrogen-bond acceptors (Lipinski definition) is 4. The first-order chi connectivity index (χ1) is 10.6. The van der Waals surface area contributed by atoms with Crippen molar-refractivity contribution in [3.8, 4) is 11.5 Å². The van der Waals surface area contributed by atoms with E-state index in [1.807, 2.05) is 30.3 Å². The second-order valence-corrected chi connectivity index (χ2v) is 5.08. The molecule has 0 saturated carbocycles. The molecule has 0 saturated heterocycles. The fourth-order valence-corrected chi connectivity index (χ4v) is 2.36. The molecule has 0 aliphatic rings. The van der Waals surface area contributed by atoms with Crippen LogP contribution in [0.15, 0.2) is 52.9 Å². The fourth-order valence-electron chi connectivity index (χ4n) is 2.36. The number of amides is 1. The van der Waals surface area contributed by atoms with Crippen molar-refractivity contribution in [2.24, 2.45) is 0 Å². The van der Waals surface area contributed by atoms with E-state index in [2.05, 4.69) is 0 Å². The second kappa shape index (κ2) is 5.44. The van der Waals surface area contributed by atoms with Crippen LogP contribution in [0.4, 0.5) is 0 Å². The molecule has 0 aliphatic carbocycles. The van der Waals surface area contributed by atoms with Gasteiger partial charge in [0, 0.05) is 12.4 Å². The maximum atomic E-state index is 12.4. The average Bonchev–Trinajstić information content (AvgIpc) is 2.89. The average molecular weight is 297 g/mol. The molecule has 0 fully saturated rings. The Hall–Kier alpha value is -2.95. The van der Waals surface area contributed by atoms with Crippen LogP contribution < -0.4 is 0 Å². The van der Waals surface area contributed by atoms with Gasteiger partial charge in [0.2, 0.25) is 0 Å². The van der Waals surface area contributed by atoms with E-state index >= 15 is 0 Å². The first-order valence-electron chi connectivity index (χ1n) is 6.80. The van der Waals surface area contributed by atoms with Crippen LogP contribution in [0.2, 0.25) is 0 Å². The SMILES string of the molecule is CN(Cc1cc2ccccc2o1)C(=O)c1c(O)cccc1O. The van der Waals surface area contributed by atoms with Crippen LogP contribution >= 0.6 is 0 Å². The summed E-state index contributed by atoms with van der Waals surface area (Å²) in [7, 11) is 1.58. The maximum Gasteiger partial charge on any atom is 0.261 e. The Labute approximate surface area is 127 Å². The van der Waals surface area contributed by atoms with E-state index in [9.17, 15) is 15.0 Å². The van der Waals surface area contributed by atoms with E-state index in [0.717, 1.165) is 11.0 Å². The van der Waals surface area contributed by atoms with Gasteiger partial charge in [-0.3, -0.25) is 4.79 Å². The predicted molar refractivity (Wildman–Crippen MR) is 81.8 cm³/mol. The minimum atomic E-state index is -0.476. The fraction of sp³-hybridized carbons (Fsp3) is 0.118. The largest absolute Gasteiger partial charge is 0.507 e. The minimum absolute atomic E-state index is 0.110. The van der Waals surface area contributed by atoms with Gasteiger partial charge in [0.25, 0.3) is 5.91 Å². The Morgan fingerprint density at radius 1 is 1.09 bits per heavy atom. The topological polar surface area (TPSA) is 73.9 Å². The Kier molecular flexibility index (Phi) is 3.47. The van der Waals surface area contributed by atoms with Gasteiger partial charge < -0.3 is 19.5 Å². The number of hydrogen-bond donors (Lipinski definition) is 2. The number of carbonyl (C=O) groups excluding carboxylic acids is 1. The molecule has 2 aromatic carbocycles. The zero-order valence-corrected chi connectivity index (χ0v) is 12.0. The number of fused-ring (bicyclic) bond motifs is 1. The van der Waals surface area contributed by atoms with Gasteiger partial charge in [0.05, 0.1) is 6.54 Å². The van der Waals surface area contributed by atoms with Gasteiger partial charge in [-0.05, 0) is 24.3 Å². The smallest absolute Gasteiger partial charge is 0.261 e. The van der Waals surface area contributed by atoms with Gasteiger partial charge in [-0.2, -0.15) is 0 Å². The molecule has 0 unspecified atom stereocenters. The third-order valence-corrected chi connectivity index (χ3v) is 3.45. The number of benzene rings is 2. The zero-order valence-electron chi connectivity index (χ0n) is 12.0. The summed E-state index contributed by atoms with van der Waals surface area (Å²) in [6.07, 6.45) is 0. The summed E-state index contributed by atoms with van der Waals surface area (Å²) in [5.74, 6) is -0.342. The Morgan fingerprint density at radius 2 is 1.77 bits per heavy atom. The summed E-state index contributed by atoms with van der Waals surface area (Å²) in [6, 6.07) is 13.6. The normalized spacial score (nSPS) is 10.8. The van der Waals surface area contributed by atoms with Gasteiger partial charge in [-0.15, -0.1) is 0 Å². The first kappa shape index (κ1) is 14.0. The number of aromatic hydroxyl groups is 2. The predicted octanol–water partition coefficient (Wildman–Crippen LogP) is 3.12. The molecular weight excluding hydrogens is 282 g/mol. The maximum absolute atomic E-state index is 12.4. The van der Waals surface area contributed by atoms with E-state index in [1.165, 1.54) is 23.1 Å². The molecule has 0 bridgehead atoms. The summed E-state index contributed by atoms with van der Waals surface area (Å²) >= 11 is 0. The summed E-state index contributed by atoms with van der Waals surface area (Å²) in [6.45, 7) is 0.237. The lowest BCUT2D eigenvalue weighted by Crippen LogP contribution is -2.26. The molecule has 1 amide bonds. The second-order valence-electron chi connectivity index (χ2n) is 5.08. The number of para-hydroxylation sites is 1.